The standard InChI is InChI=1S/C12H14ClNO2S/c1-12(16)4-5-14(7-12)11(15)9-6-8(17)2-3-10(9)13/h2-3,6,16-17H,4-5,7H2,1H3. The Hall–Kier alpha value is -0.710. The van der Waals surface area contributed by atoms with Crippen LogP contribution in [0.2, 0.25) is 5.02 Å². The van der Waals surface area contributed by atoms with E-state index >= 15 is 0 Å². The van der Waals surface area contributed by atoms with Gasteiger partial charge in [0.25, 0.3) is 5.91 Å². The third-order valence-electron chi connectivity index (χ3n) is 2.92. The molecule has 17 heavy (non-hydrogen) atoms. The van der Waals surface area contributed by atoms with Gasteiger partial charge in [0.15, 0.2) is 0 Å². The highest BCUT2D eigenvalue weighted by atomic mass is 35.5. The molecule has 1 atom stereocenters. The summed E-state index contributed by atoms with van der Waals surface area (Å²) in [7, 11) is 0. The predicted octanol–water partition coefficient (Wildman–Crippen LogP) is 2.23. The van der Waals surface area contributed by atoms with Crippen molar-refractivity contribution in [3.8, 4) is 0 Å². The number of hydrogen-bond acceptors (Lipinski definition) is 3. The van der Waals surface area contributed by atoms with Crippen molar-refractivity contribution in [3.63, 3.8) is 0 Å². The van der Waals surface area contributed by atoms with E-state index in [-0.39, 0.29) is 5.91 Å². The number of amides is 1. The molecule has 0 spiro atoms. The first-order valence-electron chi connectivity index (χ1n) is 5.39. The molecule has 1 amide bonds. The van der Waals surface area contributed by atoms with E-state index in [0.29, 0.717) is 35.0 Å². The molecular weight excluding hydrogens is 258 g/mol. The van der Waals surface area contributed by atoms with Crippen LogP contribution in [-0.4, -0.2) is 34.6 Å². The molecule has 1 aliphatic rings. The van der Waals surface area contributed by atoms with E-state index in [4.69, 9.17) is 11.6 Å². The zero-order chi connectivity index (χ0) is 12.6. The molecule has 92 valence electrons. The number of halogens is 1. The quantitative estimate of drug-likeness (QED) is 0.769. The van der Waals surface area contributed by atoms with E-state index in [2.05, 4.69) is 12.6 Å². The van der Waals surface area contributed by atoms with Gasteiger partial charge >= 0.3 is 0 Å². The van der Waals surface area contributed by atoms with E-state index in [1.165, 1.54) is 0 Å². The highest BCUT2D eigenvalue weighted by molar-refractivity contribution is 7.80. The van der Waals surface area contributed by atoms with E-state index in [1.807, 2.05) is 0 Å². The minimum absolute atomic E-state index is 0.149. The van der Waals surface area contributed by atoms with Gasteiger partial charge in [-0.3, -0.25) is 4.79 Å². The number of thiol groups is 1. The van der Waals surface area contributed by atoms with Crippen LogP contribution >= 0.6 is 24.2 Å². The largest absolute Gasteiger partial charge is 0.388 e. The summed E-state index contributed by atoms with van der Waals surface area (Å²) in [5.74, 6) is -0.149. The van der Waals surface area contributed by atoms with Crippen LogP contribution in [0, 0.1) is 0 Å². The maximum Gasteiger partial charge on any atom is 0.255 e. The van der Waals surface area contributed by atoms with Gasteiger partial charge in [-0.15, -0.1) is 12.6 Å². The minimum atomic E-state index is -0.791. The van der Waals surface area contributed by atoms with E-state index in [1.54, 1.807) is 30.0 Å². The van der Waals surface area contributed by atoms with Gasteiger partial charge in [0, 0.05) is 18.0 Å². The molecule has 3 nitrogen and oxygen atoms in total. The van der Waals surface area contributed by atoms with Gasteiger partial charge in [-0.25, -0.2) is 0 Å². The van der Waals surface area contributed by atoms with Crippen molar-refractivity contribution in [2.45, 2.75) is 23.8 Å². The minimum Gasteiger partial charge on any atom is -0.388 e. The molecule has 1 aliphatic heterocycles. The molecule has 1 saturated heterocycles. The van der Waals surface area contributed by atoms with Crippen LogP contribution in [0.3, 0.4) is 0 Å². The van der Waals surface area contributed by atoms with Crippen molar-refractivity contribution in [1.29, 1.82) is 0 Å². The van der Waals surface area contributed by atoms with Crippen molar-refractivity contribution in [1.82, 2.24) is 4.90 Å². The van der Waals surface area contributed by atoms with Gasteiger partial charge < -0.3 is 10.0 Å². The fourth-order valence-corrected chi connectivity index (χ4v) is 2.37. The number of rotatable bonds is 1. The molecule has 5 heteroatoms. The first-order chi connectivity index (χ1) is 7.89. The van der Waals surface area contributed by atoms with Crippen molar-refractivity contribution in [3.05, 3.63) is 28.8 Å². The van der Waals surface area contributed by atoms with Crippen LogP contribution in [0.15, 0.2) is 23.1 Å². The Kier molecular flexibility index (Phi) is 3.39. The Morgan fingerprint density at radius 3 is 2.88 bits per heavy atom. The van der Waals surface area contributed by atoms with Crippen molar-refractivity contribution in [2.24, 2.45) is 0 Å². The SMILES string of the molecule is CC1(O)CCN(C(=O)c2cc(S)ccc2Cl)C1. The zero-order valence-corrected chi connectivity index (χ0v) is 11.1. The number of carbonyl (C=O) groups is 1. The van der Waals surface area contributed by atoms with Gasteiger partial charge in [-0.05, 0) is 31.5 Å². The molecule has 1 unspecified atom stereocenters. The Morgan fingerprint density at radius 2 is 2.29 bits per heavy atom. The molecule has 2 rings (SSSR count). The van der Waals surface area contributed by atoms with E-state index < -0.39 is 5.60 Å². The number of β-amino-alcohol motifs (C(OH)–C–C–N with tert-alkyl or cyclic N) is 1. The molecule has 0 radical (unpaired) electrons. The van der Waals surface area contributed by atoms with Gasteiger partial charge in [0.2, 0.25) is 0 Å². The average molecular weight is 272 g/mol. The summed E-state index contributed by atoms with van der Waals surface area (Å²) in [6.45, 7) is 2.63. The van der Waals surface area contributed by atoms with Gasteiger partial charge in [0.05, 0.1) is 16.2 Å². The van der Waals surface area contributed by atoms with Crippen LogP contribution in [-0.2, 0) is 0 Å². The number of aliphatic hydroxyl groups is 1. The second-order valence-corrected chi connectivity index (χ2v) is 5.56. The highest BCUT2D eigenvalue weighted by Gasteiger charge is 2.34. The summed E-state index contributed by atoms with van der Waals surface area (Å²) in [4.78, 5) is 14.5. The zero-order valence-electron chi connectivity index (χ0n) is 9.48. The number of likely N-dealkylation sites (tertiary alicyclic amines) is 1. The van der Waals surface area contributed by atoms with Crippen molar-refractivity contribution in [2.75, 3.05) is 13.1 Å². The van der Waals surface area contributed by atoms with Crippen LogP contribution in [0.4, 0.5) is 0 Å². The lowest BCUT2D eigenvalue weighted by Crippen LogP contribution is -2.34. The summed E-state index contributed by atoms with van der Waals surface area (Å²) in [6, 6.07) is 5.05. The lowest BCUT2D eigenvalue weighted by atomic mass is 10.1. The summed E-state index contributed by atoms with van der Waals surface area (Å²) < 4.78 is 0. The smallest absolute Gasteiger partial charge is 0.255 e. The molecule has 1 aromatic rings. The van der Waals surface area contributed by atoms with Gasteiger partial charge in [0.1, 0.15) is 0 Å². The monoisotopic (exact) mass is 271 g/mol. The summed E-state index contributed by atoms with van der Waals surface area (Å²) >= 11 is 10.2. The first-order valence-corrected chi connectivity index (χ1v) is 6.22. The Balaban J connectivity index is 2.23. The molecule has 0 aromatic heterocycles. The second kappa shape index (κ2) is 4.52. The Bertz CT molecular complexity index is 462. The topological polar surface area (TPSA) is 40.5 Å². The molecule has 0 aliphatic carbocycles. The van der Waals surface area contributed by atoms with Gasteiger partial charge in [-0.1, -0.05) is 11.6 Å². The third-order valence-corrected chi connectivity index (χ3v) is 3.53. The van der Waals surface area contributed by atoms with Crippen LogP contribution in [0.1, 0.15) is 23.7 Å². The lowest BCUT2D eigenvalue weighted by molar-refractivity contribution is 0.0572. The summed E-state index contributed by atoms with van der Waals surface area (Å²) in [6.07, 6.45) is 0.594. The molecule has 1 aromatic carbocycles. The summed E-state index contributed by atoms with van der Waals surface area (Å²) in [5.41, 5.74) is -0.349. The molecular formula is C12H14ClNO2S. The van der Waals surface area contributed by atoms with Crippen LogP contribution < -0.4 is 0 Å². The fraction of sp³-hybridized carbons (Fsp3) is 0.417. The maximum atomic E-state index is 12.2. The van der Waals surface area contributed by atoms with Crippen molar-refractivity contribution < 1.29 is 9.90 Å². The Labute approximate surface area is 111 Å². The predicted molar refractivity (Wildman–Crippen MR) is 69.8 cm³/mol. The number of benzene rings is 1. The summed E-state index contributed by atoms with van der Waals surface area (Å²) in [5, 5.41) is 10.3. The van der Waals surface area contributed by atoms with E-state index in [9.17, 15) is 9.90 Å². The normalized spacial score (nSPS) is 24.1. The van der Waals surface area contributed by atoms with E-state index in [0.717, 1.165) is 0 Å². The Morgan fingerprint density at radius 1 is 1.59 bits per heavy atom. The molecule has 1 N–H and O–H groups in total. The number of carbonyl (C=O) groups excluding carboxylic acids is 1. The fourth-order valence-electron chi connectivity index (χ4n) is 1.97. The second-order valence-electron chi connectivity index (χ2n) is 4.64. The van der Waals surface area contributed by atoms with Crippen LogP contribution in [0.5, 0.6) is 0 Å². The number of hydrogen-bond donors (Lipinski definition) is 2. The van der Waals surface area contributed by atoms with Crippen LogP contribution in [0.25, 0.3) is 0 Å². The molecule has 0 saturated carbocycles. The molecule has 1 fully saturated rings. The average Bonchev–Trinajstić information content (AvgIpc) is 2.61. The molecule has 1 heterocycles. The third kappa shape index (κ3) is 2.76. The van der Waals surface area contributed by atoms with Crippen molar-refractivity contribution >= 4 is 30.1 Å². The van der Waals surface area contributed by atoms with Gasteiger partial charge in [-0.2, -0.15) is 0 Å². The molecule has 0 bridgehead atoms. The maximum absolute atomic E-state index is 12.2. The highest BCUT2D eigenvalue weighted by Crippen LogP contribution is 2.26. The first kappa shape index (κ1) is 12.7. The number of nitrogens with zero attached hydrogens (tertiary/aromatic N) is 1. The lowest BCUT2D eigenvalue weighted by Gasteiger charge is -2.19.